The van der Waals surface area contributed by atoms with Crippen molar-refractivity contribution >= 4 is 5.82 Å². The van der Waals surface area contributed by atoms with Crippen LogP contribution in [0, 0.1) is 0 Å². The Morgan fingerprint density at radius 1 is 1.21 bits per heavy atom. The molecule has 0 bridgehead atoms. The van der Waals surface area contributed by atoms with Gasteiger partial charge in [0.25, 0.3) is 0 Å². The van der Waals surface area contributed by atoms with Crippen molar-refractivity contribution in [1.82, 2.24) is 9.97 Å². The minimum absolute atomic E-state index is 0.213. The number of rotatable bonds is 4. The summed E-state index contributed by atoms with van der Waals surface area (Å²) in [5, 5.41) is 0. The summed E-state index contributed by atoms with van der Waals surface area (Å²) in [6, 6.07) is 7.95. The van der Waals surface area contributed by atoms with E-state index in [0.717, 1.165) is 23.3 Å². The number of para-hydroxylation sites is 1. The van der Waals surface area contributed by atoms with Crippen LogP contribution < -0.4 is 10.5 Å². The van der Waals surface area contributed by atoms with Crippen LogP contribution in [0.15, 0.2) is 30.6 Å². The van der Waals surface area contributed by atoms with Crippen molar-refractivity contribution in [3.8, 4) is 11.6 Å². The highest BCUT2D eigenvalue weighted by molar-refractivity contribution is 5.48. The summed E-state index contributed by atoms with van der Waals surface area (Å²) in [5.41, 5.74) is 7.92. The van der Waals surface area contributed by atoms with Gasteiger partial charge in [-0.05, 0) is 24.0 Å². The number of nitrogen functional groups attached to an aromatic ring is 1. The van der Waals surface area contributed by atoms with Gasteiger partial charge in [-0.2, -0.15) is 0 Å². The lowest BCUT2D eigenvalue weighted by Gasteiger charge is -2.15. The molecule has 0 fully saturated rings. The Labute approximate surface area is 113 Å². The van der Waals surface area contributed by atoms with Crippen molar-refractivity contribution in [2.24, 2.45) is 0 Å². The number of anilines is 1. The van der Waals surface area contributed by atoms with Crippen LogP contribution in [0.4, 0.5) is 5.82 Å². The molecule has 1 aromatic carbocycles. The van der Waals surface area contributed by atoms with E-state index < -0.39 is 0 Å². The molecule has 0 aliphatic carbocycles. The molecule has 0 saturated carbocycles. The highest BCUT2D eigenvalue weighted by Crippen LogP contribution is 2.32. The van der Waals surface area contributed by atoms with E-state index in [2.05, 4.69) is 23.0 Å². The normalized spacial score (nSPS) is 10.7. The Kier molecular flexibility index (Phi) is 4.00. The second kappa shape index (κ2) is 5.69. The molecule has 1 heterocycles. The second-order valence-electron chi connectivity index (χ2n) is 4.70. The fraction of sp³-hybridized carbons (Fsp3) is 0.333. The number of aromatic nitrogens is 2. The fourth-order valence-electron chi connectivity index (χ4n) is 2.02. The van der Waals surface area contributed by atoms with Gasteiger partial charge in [0.15, 0.2) is 0 Å². The molecule has 4 heteroatoms. The zero-order chi connectivity index (χ0) is 13.8. The highest BCUT2D eigenvalue weighted by Gasteiger charge is 2.15. The van der Waals surface area contributed by atoms with E-state index in [1.165, 1.54) is 6.33 Å². The van der Waals surface area contributed by atoms with Gasteiger partial charge in [0.05, 0.1) is 5.56 Å². The summed E-state index contributed by atoms with van der Waals surface area (Å²) in [7, 11) is 0. The third kappa shape index (κ3) is 2.84. The van der Waals surface area contributed by atoms with Crippen LogP contribution in [-0.4, -0.2) is 9.97 Å². The molecule has 0 spiro atoms. The summed E-state index contributed by atoms with van der Waals surface area (Å²) < 4.78 is 5.94. The van der Waals surface area contributed by atoms with Crippen LogP contribution >= 0.6 is 0 Å². The molecule has 1 aromatic heterocycles. The number of nitrogens with zero attached hydrogens (tertiary/aromatic N) is 2. The number of benzene rings is 1. The smallest absolute Gasteiger partial charge is 0.227 e. The van der Waals surface area contributed by atoms with Gasteiger partial charge in [-0.15, -0.1) is 0 Å². The van der Waals surface area contributed by atoms with Crippen molar-refractivity contribution < 1.29 is 4.74 Å². The van der Waals surface area contributed by atoms with E-state index in [4.69, 9.17) is 10.5 Å². The summed E-state index contributed by atoms with van der Waals surface area (Å²) in [6.45, 7) is 6.20. The Morgan fingerprint density at radius 3 is 2.63 bits per heavy atom. The quantitative estimate of drug-likeness (QED) is 0.910. The van der Waals surface area contributed by atoms with Crippen molar-refractivity contribution in [3.63, 3.8) is 0 Å². The van der Waals surface area contributed by atoms with Crippen LogP contribution in [0.5, 0.6) is 11.6 Å². The minimum atomic E-state index is 0.213. The number of aryl methyl sites for hydroxylation is 1. The van der Waals surface area contributed by atoms with Crippen LogP contribution in [0.3, 0.4) is 0 Å². The summed E-state index contributed by atoms with van der Waals surface area (Å²) in [6.07, 6.45) is 2.35. The van der Waals surface area contributed by atoms with Crippen LogP contribution in [0.1, 0.15) is 37.8 Å². The molecule has 0 amide bonds. The molecule has 2 rings (SSSR count). The molecule has 2 N–H and O–H groups in total. The van der Waals surface area contributed by atoms with E-state index in [9.17, 15) is 0 Å². The zero-order valence-electron chi connectivity index (χ0n) is 11.6. The van der Waals surface area contributed by atoms with E-state index in [1.54, 1.807) is 0 Å². The van der Waals surface area contributed by atoms with Crippen molar-refractivity contribution in [2.45, 2.75) is 33.1 Å². The lowest BCUT2D eigenvalue weighted by atomic mass is 10.1. The van der Waals surface area contributed by atoms with Gasteiger partial charge in [-0.25, -0.2) is 9.97 Å². The highest BCUT2D eigenvalue weighted by atomic mass is 16.5. The minimum Gasteiger partial charge on any atom is -0.438 e. The maximum Gasteiger partial charge on any atom is 0.227 e. The molecular formula is C15H19N3O. The summed E-state index contributed by atoms with van der Waals surface area (Å²) in [5.74, 6) is 2.06. The number of nitrogens with two attached hydrogens (primary N) is 1. The number of ether oxygens (including phenoxy) is 1. The first-order chi connectivity index (χ1) is 9.13. The molecule has 4 nitrogen and oxygen atoms in total. The summed E-state index contributed by atoms with van der Waals surface area (Å²) >= 11 is 0. The van der Waals surface area contributed by atoms with Crippen molar-refractivity contribution in [3.05, 3.63) is 41.7 Å². The fourth-order valence-corrected chi connectivity index (χ4v) is 2.02. The predicted molar refractivity (Wildman–Crippen MR) is 76.4 cm³/mol. The SMILES string of the molecule is CCc1ccccc1Oc1ncnc(N)c1C(C)C. The number of hydrogen-bond donors (Lipinski definition) is 1. The Hall–Kier alpha value is -2.10. The van der Waals surface area contributed by atoms with Gasteiger partial charge in [-0.1, -0.05) is 39.0 Å². The van der Waals surface area contributed by atoms with Crippen LogP contribution in [0.25, 0.3) is 0 Å². The average molecular weight is 257 g/mol. The van der Waals surface area contributed by atoms with Gasteiger partial charge < -0.3 is 10.5 Å². The van der Waals surface area contributed by atoms with E-state index in [-0.39, 0.29) is 5.92 Å². The molecule has 0 atom stereocenters. The van der Waals surface area contributed by atoms with Crippen LogP contribution in [0.2, 0.25) is 0 Å². The lowest BCUT2D eigenvalue weighted by molar-refractivity contribution is 0.447. The molecular weight excluding hydrogens is 238 g/mol. The Morgan fingerprint density at radius 2 is 1.95 bits per heavy atom. The van der Waals surface area contributed by atoms with Gasteiger partial charge in [0.2, 0.25) is 5.88 Å². The number of hydrogen-bond acceptors (Lipinski definition) is 4. The first-order valence-electron chi connectivity index (χ1n) is 6.49. The molecule has 19 heavy (non-hydrogen) atoms. The Bertz CT molecular complexity index is 567. The molecule has 0 aliphatic rings. The molecule has 0 unspecified atom stereocenters. The molecule has 0 saturated heterocycles. The van der Waals surface area contributed by atoms with E-state index >= 15 is 0 Å². The van der Waals surface area contributed by atoms with Gasteiger partial charge in [0.1, 0.15) is 17.9 Å². The maximum absolute atomic E-state index is 5.94. The third-order valence-corrected chi connectivity index (χ3v) is 3.02. The Balaban J connectivity index is 2.41. The first kappa shape index (κ1) is 13.3. The van der Waals surface area contributed by atoms with Gasteiger partial charge in [-0.3, -0.25) is 0 Å². The first-order valence-corrected chi connectivity index (χ1v) is 6.49. The summed E-state index contributed by atoms with van der Waals surface area (Å²) in [4.78, 5) is 8.25. The standard InChI is InChI=1S/C15H19N3O/c1-4-11-7-5-6-8-12(11)19-15-13(10(2)3)14(16)17-9-18-15/h5-10H,4H2,1-3H3,(H2,16,17,18). The van der Waals surface area contributed by atoms with Crippen molar-refractivity contribution in [2.75, 3.05) is 5.73 Å². The van der Waals surface area contributed by atoms with Gasteiger partial charge >= 0.3 is 0 Å². The molecule has 0 aliphatic heterocycles. The van der Waals surface area contributed by atoms with Gasteiger partial charge in [0, 0.05) is 0 Å². The molecule has 0 radical (unpaired) electrons. The third-order valence-electron chi connectivity index (χ3n) is 3.02. The lowest BCUT2D eigenvalue weighted by Crippen LogP contribution is -2.04. The van der Waals surface area contributed by atoms with E-state index in [0.29, 0.717) is 11.7 Å². The monoisotopic (exact) mass is 257 g/mol. The molecule has 100 valence electrons. The average Bonchev–Trinajstić information content (AvgIpc) is 2.39. The topological polar surface area (TPSA) is 61.0 Å². The molecule has 2 aromatic rings. The predicted octanol–water partition coefficient (Wildman–Crippen LogP) is 3.54. The van der Waals surface area contributed by atoms with Crippen molar-refractivity contribution in [1.29, 1.82) is 0 Å². The second-order valence-corrected chi connectivity index (χ2v) is 4.70. The van der Waals surface area contributed by atoms with Crippen LogP contribution in [-0.2, 0) is 6.42 Å². The zero-order valence-corrected chi connectivity index (χ0v) is 11.6. The largest absolute Gasteiger partial charge is 0.438 e. The van der Waals surface area contributed by atoms with E-state index in [1.807, 2.05) is 32.0 Å². The maximum atomic E-state index is 5.94.